The van der Waals surface area contributed by atoms with Crippen LogP contribution in [0.25, 0.3) is 0 Å². The topological polar surface area (TPSA) is 21.3 Å². The van der Waals surface area contributed by atoms with Crippen LogP contribution >= 0.6 is 11.3 Å². The molecule has 1 rings (SSSR count). The Morgan fingerprint density at radius 3 is 2.76 bits per heavy atom. The molecule has 1 aromatic rings. The largest absolute Gasteiger partial charge is 0.377 e. The van der Waals surface area contributed by atoms with Gasteiger partial charge in [0, 0.05) is 6.54 Å². The molecule has 0 aliphatic carbocycles. The Morgan fingerprint density at radius 1 is 1.29 bits per heavy atom. The molecule has 98 valence electrons. The predicted octanol–water partition coefficient (Wildman–Crippen LogP) is 3.33. The molecular weight excluding hydrogens is 230 g/mol. The normalized spacial score (nSPS) is 13.2. The second-order valence-electron chi connectivity index (χ2n) is 4.94. The van der Waals surface area contributed by atoms with E-state index in [1.807, 2.05) is 0 Å². The predicted molar refractivity (Wildman–Crippen MR) is 75.8 cm³/mol. The molecule has 1 N–H and O–H groups in total. The van der Waals surface area contributed by atoms with Crippen LogP contribution in [0.1, 0.15) is 32.8 Å². The second-order valence-corrected chi connectivity index (χ2v) is 5.72. The van der Waals surface area contributed by atoms with Gasteiger partial charge in [-0.1, -0.05) is 13.8 Å². The molecule has 0 radical (unpaired) electrons. The molecule has 0 aromatic carbocycles. The van der Waals surface area contributed by atoms with Crippen molar-refractivity contribution in [1.82, 2.24) is 5.32 Å². The molecule has 1 heterocycles. The average Bonchev–Trinajstić information content (AvgIpc) is 2.75. The lowest BCUT2D eigenvalue weighted by molar-refractivity contribution is 0.0540. The van der Waals surface area contributed by atoms with Gasteiger partial charge in [0.2, 0.25) is 0 Å². The summed E-state index contributed by atoms with van der Waals surface area (Å²) in [5.74, 6) is 0.719. The van der Waals surface area contributed by atoms with E-state index in [0.717, 1.165) is 38.5 Å². The highest BCUT2D eigenvalue weighted by molar-refractivity contribution is 7.07. The SMILES string of the molecule is CC(C)CC(C)OCCNCCc1ccsc1. The minimum atomic E-state index is 0.383. The van der Waals surface area contributed by atoms with Crippen LogP contribution in [0.15, 0.2) is 16.8 Å². The van der Waals surface area contributed by atoms with E-state index in [0.29, 0.717) is 6.10 Å². The van der Waals surface area contributed by atoms with E-state index < -0.39 is 0 Å². The summed E-state index contributed by atoms with van der Waals surface area (Å²) in [6, 6.07) is 2.19. The zero-order chi connectivity index (χ0) is 12.5. The highest BCUT2D eigenvalue weighted by atomic mass is 32.1. The maximum absolute atomic E-state index is 5.73. The summed E-state index contributed by atoms with van der Waals surface area (Å²) < 4.78 is 5.73. The molecule has 17 heavy (non-hydrogen) atoms. The first-order chi connectivity index (χ1) is 8.18. The molecule has 2 nitrogen and oxygen atoms in total. The molecule has 0 aliphatic heterocycles. The van der Waals surface area contributed by atoms with Gasteiger partial charge in [0.1, 0.15) is 0 Å². The number of hydrogen-bond acceptors (Lipinski definition) is 3. The van der Waals surface area contributed by atoms with Crippen molar-refractivity contribution in [3.8, 4) is 0 Å². The van der Waals surface area contributed by atoms with Gasteiger partial charge < -0.3 is 10.1 Å². The molecular formula is C14H25NOS. The minimum Gasteiger partial charge on any atom is -0.377 e. The monoisotopic (exact) mass is 255 g/mol. The van der Waals surface area contributed by atoms with Crippen molar-refractivity contribution in [2.75, 3.05) is 19.7 Å². The number of nitrogens with one attached hydrogen (secondary N) is 1. The van der Waals surface area contributed by atoms with Crippen molar-refractivity contribution >= 4 is 11.3 Å². The van der Waals surface area contributed by atoms with Crippen molar-refractivity contribution in [3.05, 3.63) is 22.4 Å². The molecule has 1 aromatic heterocycles. The Hall–Kier alpha value is -0.380. The first kappa shape index (κ1) is 14.7. The molecule has 0 saturated carbocycles. The van der Waals surface area contributed by atoms with Gasteiger partial charge in [-0.15, -0.1) is 0 Å². The molecule has 1 unspecified atom stereocenters. The Bertz CT molecular complexity index is 272. The van der Waals surface area contributed by atoms with Crippen LogP contribution in [0.2, 0.25) is 0 Å². The molecule has 0 fully saturated rings. The van der Waals surface area contributed by atoms with Gasteiger partial charge in [0.15, 0.2) is 0 Å². The van der Waals surface area contributed by atoms with E-state index in [4.69, 9.17) is 4.74 Å². The van der Waals surface area contributed by atoms with Crippen LogP contribution in [0.5, 0.6) is 0 Å². The Morgan fingerprint density at radius 2 is 2.12 bits per heavy atom. The van der Waals surface area contributed by atoms with Gasteiger partial charge >= 0.3 is 0 Å². The smallest absolute Gasteiger partial charge is 0.0594 e. The zero-order valence-corrected chi connectivity index (χ0v) is 12.1. The van der Waals surface area contributed by atoms with Crippen molar-refractivity contribution in [2.24, 2.45) is 5.92 Å². The molecule has 0 amide bonds. The fourth-order valence-electron chi connectivity index (χ4n) is 1.86. The lowest BCUT2D eigenvalue weighted by Crippen LogP contribution is -2.24. The summed E-state index contributed by atoms with van der Waals surface area (Å²) in [5.41, 5.74) is 1.43. The fraction of sp³-hybridized carbons (Fsp3) is 0.714. The number of ether oxygens (including phenoxy) is 1. The second kappa shape index (κ2) is 8.67. The summed E-state index contributed by atoms with van der Waals surface area (Å²) in [4.78, 5) is 0. The summed E-state index contributed by atoms with van der Waals surface area (Å²) in [6.07, 6.45) is 2.65. The van der Waals surface area contributed by atoms with E-state index in [-0.39, 0.29) is 0 Å². The van der Waals surface area contributed by atoms with Gasteiger partial charge in [-0.05, 0) is 54.6 Å². The maximum Gasteiger partial charge on any atom is 0.0594 e. The molecule has 0 bridgehead atoms. The first-order valence-electron chi connectivity index (χ1n) is 6.52. The minimum absolute atomic E-state index is 0.383. The average molecular weight is 255 g/mol. The van der Waals surface area contributed by atoms with Crippen LogP contribution in [0, 0.1) is 5.92 Å². The lowest BCUT2D eigenvalue weighted by Gasteiger charge is -2.15. The van der Waals surface area contributed by atoms with Gasteiger partial charge in [-0.2, -0.15) is 11.3 Å². The van der Waals surface area contributed by atoms with Crippen molar-refractivity contribution in [3.63, 3.8) is 0 Å². The van der Waals surface area contributed by atoms with Gasteiger partial charge in [0.05, 0.1) is 12.7 Å². The van der Waals surface area contributed by atoms with E-state index in [2.05, 4.69) is 42.9 Å². The summed E-state index contributed by atoms with van der Waals surface area (Å²) in [7, 11) is 0. The third-order valence-corrected chi connectivity index (χ3v) is 3.39. The molecule has 0 saturated heterocycles. The van der Waals surface area contributed by atoms with Gasteiger partial charge in [0.25, 0.3) is 0 Å². The van der Waals surface area contributed by atoms with Crippen molar-refractivity contribution in [1.29, 1.82) is 0 Å². The van der Waals surface area contributed by atoms with Crippen LogP contribution in [0.4, 0.5) is 0 Å². The molecule has 0 aliphatic rings. The zero-order valence-electron chi connectivity index (χ0n) is 11.2. The van der Waals surface area contributed by atoms with Crippen LogP contribution < -0.4 is 5.32 Å². The number of hydrogen-bond donors (Lipinski definition) is 1. The van der Waals surface area contributed by atoms with Crippen LogP contribution in [0.3, 0.4) is 0 Å². The maximum atomic E-state index is 5.73. The van der Waals surface area contributed by atoms with Crippen molar-refractivity contribution in [2.45, 2.75) is 39.7 Å². The Balaban J connectivity index is 1.90. The number of rotatable bonds is 9. The van der Waals surface area contributed by atoms with Crippen LogP contribution in [-0.4, -0.2) is 25.8 Å². The summed E-state index contributed by atoms with van der Waals surface area (Å²) >= 11 is 1.76. The Kier molecular flexibility index (Phi) is 7.49. The standard InChI is InChI=1S/C14H25NOS/c1-12(2)10-13(3)16-8-7-15-6-4-14-5-9-17-11-14/h5,9,11-13,15H,4,6-8,10H2,1-3H3. The fourth-order valence-corrected chi connectivity index (χ4v) is 2.56. The third-order valence-electron chi connectivity index (χ3n) is 2.66. The third kappa shape index (κ3) is 7.53. The molecule has 3 heteroatoms. The van der Waals surface area contributed by atoms with E-state index in [1.54, 1.807) is 11.3 Å². The summed E-state index contributed by atoms with van der Waals surface area (Å²) in [5, 5.41) is 7.75. The first-order valence-corrected chi connectivity index (χ1v) is 7.46. The van der Waals surface area contributed by atoms with E-state index >= 15 is 0 Å². The van der Waals surface area contributed by atoms with Gasteiger partial charge in [-0.25, -0.2) is 0 Å². The molecule has 0 spiro atoms. The number of thiophene rings is 1. The van der Waals surface area contributed by atoms with Gasteiger partial charge in [-0.3, -0.25) is 0 Å². The summed E-state index contributed by atoms with van der Waals surface area (Å²) in [6.45, 7) is 9.44. The lowest BCUT2D eigenvalue weighted by atomic mass is 10.1. The van der Waals surface area contributed by atoms with E-state index in [9.17, 15) is 0 Å². The molecule has 1 atom stereocenters. The quantitative estimate of drug-likeness (QED) is 0.683. The van der Waals surface area contributed by atoms with E-state index in [1.165, 1.54) is 5.56 Å². The van der Waals surface area contributed by atoms with Crippen LogP contribution in [-0.2, 0) is 11.2 Å². The highest BCUT2D eigenvalue weighted by Crippen LogP contribution is 2.07. The highest BCUT2D eigenvalue weighted by Gasteiger charge is 2.04. The Labute approximate surface area is 109 Å². The van der Waals surface area contributed by atoms with Crippen molar-refractivity contribution < 1.29 is 4.74 Å².